The predicted octanol–water partition coefficient (Wildman–Crippen LogP) is 3.46. The zero-order valence-electron chi connectivity index (χ0n) is 13.8. The maximum absolute atomic E-state index is 12.0. The number of nitrogens with zero attached hydrogens (tertiary/aromatic N) is 1. The van der Waals surface area contributed by atoms with Crippen molar-refractivity contribution < 1.29 is 4.74 Å². The van der Waals surface area contributed by atoms with Crippen molar-refractivity contribution >= 4 is 5.69 Å². The minimum Gasteiger partial charge on any atom is -0.496 e. The van der Waals surface area contributed by atoms with E-state index < -0.39 is 0 Å². The number of benzene rings is 2. The summed E-state index contributed by atoms with van der Waals surface area (Å²) in [6, 6.07) is 17.3. The molecule has 122 valence electrons. The number of anilines is 1. The van der Waals surface area contributed by atoms with Crippen LogP contribution in [0.4, 0.5) is 5.69 Å². The zero-order chi connectivity index (χ0) is 17.1. The summed E-state index contributed by atoms with van der Waals surface area (Å²) in [5.74, 6) is 0.810. The summed E-state index contributed by atoms with van der Waals surface area (Å²) in [5, 5.41) is 0. The molecule has 0 saturated heterocycles. The largest absolute Gasteiger partial charge is 0.496 e. The van der Waals surface area contributed by atoms with Crippen molar-refractivity contribution in [2.45, 2.75) is 13.5 Å². The topological polar surface area (TPSA) is 57.2 Å². The lowest BCUT2D eigenvalue weighted by molar-refractivity contribution is 0.416. The average Bonchev–Trinajstić information content (AvgIpc) is 2.58. The van der Waals surface area contributed by atoms with E-state index in [1.54, 1.807) is 23.9 Å². The van der Waals surface area contributed by atoms with E-state index in [4.69, 9.17) is 10.5 Å². The van der Waals surface area contributed by atoms with E-state index in [-0.39, 0.29) is 5.56 Å². The molecule has 0 spiro atoms. The molecule has 0 saturated carbocycles. The Morgan fingerprint density at radius 3 is 2.67 bits per heavy atom. The fraction of sp³-hybridized carbons (Fsp3) is 0.150. The van der Waals surface area contributed by atoms with Crippen molar-refractivity contribution in [3.8, 4) is 16.9 Å². The minimum atomic E-state index is -0.0721. The SMILES string of the molecule is COc1ccc(Cn2cc(N)ccc2=O)cc1-c1cccc(C)c1. The van der Waals surface area contributed by atoms with Gasteiger partial charge in [0, 0.05) is 23.5 Å². The highest BCUT2D eigenvalue weighted by Crippen LogP contribution is 2.31. The Labute approximate surface area is 141 Å². The Kier molecular flexibility index (Phi) is 4.38. The fourth-order valence-electron chi connectivity index (χ4n) is 2.76. The van der Waals surface area contributed by atoms with Crippen molar-refractivity contribution in [2.75, 3.05) is 12.8 Å². The maximum atomic E-state index is 12.0. The first kappa shape index (κ1) is 15.9. The van der Waals surface area contributed by atoms with Gasteiger partial charge in [-0.1, -0.05) is 35.9 Å². The van der Waals surface area contributed by atoms with Crippen molar-refractivity contribution in [3.05, 3.63) is 82.3 Å². The molecule has 0 aliphatic heterocycles. The molecule has 0 bridgehead atoms. The van der Waals surface area contributed by atoms with E-state index in [1.807, 2.05) is 18.2 Å². The van der Waals surface area contributed by atoms with Gasteiger partial charge < -0.3 is 15.0 Å². The standard InChI is InChI=1S/C20H20N2O2/c1-14-4-3-5-16(10-14)18-11-15(6-8-19(18)24-2)12-22-13-17(21)7-9-20(22)23/h3-11,13H,12,21H2,1-2H3. The monoisotopic (exact) mass is 320 g/mol. The third-order valence-corrected chi connectivity index (χ3v) is 3.95. The summed E-state index contributed by atoms with van der Waals surface area (Å²) in [5.41, 5.74) is 10.6. The second-order valence-electron chi connectivity index (χ2n) is 5.83. The summed E-state index contributed by atoms with van der Waals surface area (Å²) in [4.78, 5) is 12.0. The van der Waals surface area contributed by atoms with Gasteiger partial charge in [-0.15, -0.1) is 0 Å². The summed E-state index contributed by atoms with van der Waals surface area (Å²) in [7, 11) is 1.66. The molecule has 0 aliphatic rings. The molecule has 4 nitrogen and oxygen atoms in total. The summed E-state index contributed by atoms with van der Waals surface area (Å²) in [6.07, 6.45) is 1.67. The molecular weight excluding hydrogens is 300 g/mol. The number of rotatable bonds is 4. The normalized spacial score (nSPS) is 10.6. The molecule has 4 heteroatoms. The van der Waals surface area contributed by atoms with Crippen LogP contribution in [0.1, 0.15) is 11.1 Å². The van der Waals surface area contributed by atoms with E-state index in [0.717, 1.165) is 22.4 Å². The van der Waals surface area contributed by atoms with Gasteiger partial charge in [-0.2, -0.15) is 0 Å². The van der Waals surface area contributed by atoms with E-state index in [0.29, 0.717) is 12.2 Å². The molecule has 0 unspecified atom stereocenters. The van der Waals surface area contributed by atoms with E-state index >= 15 is 0 Å². The number of methoxy groups -OCH3 is 1. The highest BCUT2D eigenvalue weighted by atomic mass is 16.5. The van der Waals surface area contributed by atoms with Crippen LogP contribution in [0, 0.1) is 6.92 Å². The van der Waals surface area contributed by atoms with Gasteiger partial charge in [-0.25, -0.2) is 0 Å². The average molecular weight is 320 g/mol. The smallest absolute Gasteiger partial charge is 0.250 e. The molecule has 24 heavy (non-hydrogen) atoms. The molecule has 0 aliphatic carbocycles. The van der Waals surface area contributed by atoms with Gasteiger partial charge in [0.05, 0.1) is 13.7 Å². The highest BCUT2D eigenvalue weighted by Gasteiger charge is 2.08. The quantitative estimate of drug-likeness (QED) is 0.801. The molecule has 0 fully saturated rings. The molecular formula is C20H20N2O2. The van der Waals surface area contributed by atoms with Crippen molar-refractivity contribution in [3.63, 3.8) is 0 Å². The second kappa shape index (κ2) is 6.62. The number of hydrogen-bond donors (Lipinski definition) is 1. The summed E-state index contributed by atoms with van der Waals surface area (Å²) < 4.78 is 7.11. The van der Waals surface area contributed by atoms with Gasteiger partial charge >= 0.3 is 0 Å². The van der Waals surface area contributed by atoms with Crippen LogP contribution >= 0.6 is 0 Å². The van der Waals surface area contributed by atoms with Gasteiger partial charge in [0.1, 0.15) is 5.75 Å². The lowest BCUT2D eigenvalue weighted by Gasteiger charge is -2.13. The van der Waals surface area contributed by atoms with Gasteiger partial charge in [-0.05, 0) is 36.2 Å². The lowest BCUT2D eigenvalue weighted by atomic mass is 10.00. The van der Waals surface area contributed by atoms with Crippen molar-refractivity contribution in [1.29, 1.82) is 0 Å². The number of ether oxygens (including phenoxy) is 1. The number of pyridine rings is 1. The molecule has 1 heterocycles. The first-order chi connectivity index (χ1) is 11.6. The van der Waals surface area contributed by atoms with E-state index in [9.17, 15) is 4.79 Å². The molecule has 0 radical (unpaired) electrons. The van der Waals surface area contributed by atoms with Crippen LogP contribution in [0.2, 0.25) is 0 Å². The number of nitrogen functional groups attached to an aromatic ring is 1. The van der Waals surface area contributed by atoms with Gasteiger partial charge in [0.2, 0.25) is 0 Å². The Bertz CT molecular complexity index is 929. The molecule has 3 aromatic rings. The van der Waals surface area contributed by atoms with E-state index in [1.165, 1.54) is 11.6 Å². The molecule has 0 amide bonds. The van der Waals surface area contributed by atoms with E-state index in [2.05, 4.69) is 31.2 Å². The minimum absolute atomic E-state index is 0.0721. The van der Waals surface area contributed by atoms with Crippen LogP contribution in [0.15, 0.2) is 65.6 Å². The number of aromatic nitrogens is 1. The third-order valence-electron chi connectivity index (χ3n) is 3.95. The fourth-order valence-corrected chi connectivity index (χ4v) is 2.76. The second-order valence-corrected chi connectivity index (χ2v) is 5.83. The van der Waals surface area contributed by atoms with Gasteiger partial charge in [0.25, 0.3) is 5.56 Å². The third kappa shape index (κ3) is 3.33. The van der Waals surface area contributed by atoms with Crippen LogP contribution in [-0.2, 0) is 6.54 Å². The Hall–Kier alpha value is -3.01. The highest BCUT2D eigenvalue weighted by molar-refractivity contribution is 5.71. The van der Waals surface area contributed by atoms with Crippen LogP contribution < -0.4 is 16.0 Å². The molecule has 2 N–H and O–H groups in total. The zero-order valence-corrected chi connectivity index (χ0v) is 13.8. The van der Waals surface area contributed by atoms with Gasteiger partial charge in [0.15, 0.2) is 0 Å². The molecule has 0 atom stereocenters. The molecule has 1 aromatic heterocycles. The molecule has 3 rings (SSSR count). The van der Waals surface area contributed by atoms with Crippen molar-refractivity contribution in [1.82, 2.24) is 4.57 Å². The number of nitrogens with two attached hydrogens (primary N) is 1. The van der Waals surface area contributed by atoms with Crippen LogP contribution in [-0.4, -0.2) is 11.7 Å². The number of aryl methyl sites for hydroxylation is 1. The number of hydrogen-bond acceptors (Lipinski definition) is 3. The summed E-state index contributed by atoms with van der Waals surface area (Å²) >= 11 is 0. The summed E-state index contributed by atoms with van der Waals surface area (Å²) in [6.45, 7) is 2.53. The lowest BCUT2D eigenvalue weighted by Crippen LogP contribution is -2.19. The Morgan fingerprint density at radius 1 is 1.08 bits per heavy atom. The van der Waals surface area contributed by atoms with Crippen molar-refractivity contribution in [2.24, 2.45) is 0 Å². The van der Waals surface area contributed by atoms with Crippen LogP contribution in [0.25, 0.3) is 11.1 Å². The predicted molar refractivity (Wildman–Crippen MR) is 97.4 cm³/mol. The van der Waals surface area contributed by atoms with Crippen LogP contribution in [0.5, 0.6) is 5.75 Å². The Morgan fingerprint density at radius 2 is 1.92 bits per heavy atom. The Balaban J connectivity index is 2.03. The van der Waals surface area contributed by atoms with Gasteiger partial charge in [-0.3, -0.25) is 4.79 Å². The first-order valence-corrected chi connectivity index (χ1v) is 7.77. The maximum Gasteiger partial charge on any atom is 0.250 e. The first-order valence-electron chi connectivity index (χ1n) is 7.77. The molecule has 2 aromatic carbocycles. The van der Waals surface area contributed by atoms with Crippen LogP contribution in [0.3, 0.4) is 0 Å².